The van der Waals surface area contributed by atoms with Crippen LogP contribution in [0.1, 0.15) is 30.2 Å². The summed E-state index contributed by atoms with van der Waals surface area (Å²) < 4.78 is 0. The molecule has 2 rings (SSSR count). The summed E-state index contributed by atoms with van der Waals surface area (Å²) in [5.41, 5.74) is 0. The first-order chi connectivity index (χ1) is 12.0. The van der Waals surface area contributed by atoms with Gasteiger partial charge in [-0.25, -0.2) is 0 Å². The Kier molecular flexibility index (Phi) is 10.5. The van der Waals surface area contributed by atoms with Gasteiger partial charge in [-0.2, -0.15) is 0 Å². The van der Waals surface area contributed by atoms with Crippen molar-refractivity contribution in [3.05, 3.63) is 22.4 Å². The second kappa shape index (κ2) is 11.8. The van der Waals surface area contributed by atoms with Gasteiger partial charge in [0.2, 0.25) is 5.91 Å². The number of likely N-dealkylation sites (N-methyl/N-ethyl adjacent to an activating group) is 1. The average molecular weight is 493 g/mol. The Balaban J connectivity index is 0.00000338. The molecule has 0 aromatic carbocycles. The lowest BCUT2D eigenvalue weighted by molar-refractivity contribution is -0.121. The first-order valence-corrected chi connectivity index (χ1v) is 9.79. The smallest absolute Gasteiger partial charge is 0.220 e. The minimum Gasteiger partial charge on any atom is -0.359 e. The molecule has 0 saturated carbocycles. The third kappa shape index (κ3) is 6.70. The molecule has 26 heavy (non-hydrogen) atoms. The number of amides is 1. The standard InChI is InChI=1S/C18H31N5OS.HI/c1-19-17(24)12-14-7-9-23(10-8-14)18(20-2)21-13-15(22(3)4)16-6-5-11-25-16;/h5-6,11,14-15H,7-10,12-13H2,1-4H3,(H,19,24)(H,20,21);1H. The van der Waals surface area contributed by atoms with Crippen LogP contribution >= 0.6 is 35.3 Å². The molecule has 148 valence electrons. The van der Waals surface area contributed by atoms with Crippen molar-refractivity contribution in [3.8, 4) is 0 Å². The second-order valence-electron chi connectivity index (χ2n) is 6.73. The van der Waals surface area contributed by atoms with Gasteiger partial charge in [0.25, 0.3) is 0 Å². The Morgan fingerprint density at radius 3 is 2.62 bits per heavy atom. The number of carbonyl (C=O) groups is 1. The maximum atomic E-state index is 11.5. The second-order valence-corrected chi connectivity index (χ2v) is 7.71. The van der Waals surface area contributed by atoms with Crippen molar-refractivity contribution in [1.29, 1.82) is 0 Å². The molecule has 8 heteroatoms. The molecule has 1 unspecified atom stereocenters. The molecule has 1 aromatic heterocycles. The van der Waals surface area contributed by atoms with Gasteiger partial charge in [0.15, 0.2) is 5.96 Å². The van der Waals surface area contributed by atoms with Crippen molar-refractivity contribution in [2.45, 2.75) is 25.3 Å². The van der Waals surface area contributed by atoms with Gasteiger partial charge < -0.3 is 20.4 Å². The molecule has 1 aromatic rings. The monoisotopic (exact) mass is 493 g/mol. The predicted octanol–water partition coefficient (Wildman–Crippen LogP) is 2.39. The minimum atomic E-state index is 0. The van der Waals surface area contributed by atoms with E-state index in [-0.39, 0.29) is 29.9 Å². The van der Waals surface area contributed by atoms with Crippen LogP contribution in [0.3, 0.4) is 0 Å². The van der Waals surface area contributed by atoms with Crippen molar-refractivity contribution >= 4 is 47.2 Å². The van der Waals surface area contributed by atoms with Crippen molar-refractivity contribution in [2.24, 2.45) is 10.9 Å². The van der Waals surface area contributed by atoms with Gasteiger partial charge in [0.05, 0.1) is 6.04 Å². The first kappa shape index (κ1) is 23.2. The van der Waals surface area contributed by atoms with E-state index in [0.29, 0.717) is 18.4 Å². The summed E-state index contributed by atoms with van der Waals surface area (Å²) in [5, 5.41) is 8.38. The van der Waals surface area contributed by atoms with Crippen molar-refractivity contribution in [3.63, 3.8) is 0 Å². The largest absolute Gasteiger partial charge is 0.359 e. The van der Waals surface area contributed by atoms with Crippen LogP contribution in [-0.2, 0) is 4.79 Å². The number of halogens is 1. The molecular formula is C18H32IN5OS. The fourth-order valence-electron chi connectivity index (χ4n) is 3.25. The molecule has 2 N–H and O–H groups in total. The lowest BCUT2D eigenvalue weighted by Crippen LogP contribution is -2.47. The van der Waals surface area contributed by atoms with Crippen LogP contribution < -0.4 is 10.6 Å². The van der Waals surface area contributed by atoms with E-state index in [0.717, 1.165) is 38.4 Å². The lowest BCUT2D eigenvalue weighted by Gasteiger charge is -2.35. The predicted molar refractivity (Wildman–Crippen MR) is 121 cm³/mol. The van der Waals surface area contributed by atoms with E-state index in [1.165, 1.54) is 4.88 Å². The van der Waals surface area contributed by atoms with E-state index < -0.39 is 0 Å². The Morgan fingerprint density at radius 2 is 2.12 bits per heavy atom. The normalized spacial score (nSPS) is 17.0. The zero-order valence-electron chi connectivity index (χ0n) is 16.2. The summed E-state index contributed by atoms with van der Waals surface area (Å²) >= 11 is 1.79. The van der Waals surface area contributed by atoms with E-state index in [1.807, 2.05) is 7.05 Å². The third-order valence-corrected chi connectivity index (χ3v) is 5.80. The third-order valence-electron chi connectivity index (χ3n) is 4.83. The quantitative estimate of drug-likeness (QED) is 0.363. The minimum absolute atomic E-state index is 0. The van der Waals surface area contributed by atoms with E-state index in [4.69, 9.17) is 0 Å². The highest BCUT2D eigenvalue weighted by Crippen LogP contribution is 2.23. The highest BCUT2D eigenvalue weighted by molar-refractivity contribution is 14.0. The van der Waals surface area contributed by atoms with E-state index in [1.54, 1.807) is 18.4 Å². The van der Waals surface area contributed by atoms with Gasteiger partial charge in [0.1, 0.15) is 0 Å². The summed E-state index contributed by atoms with van der Waals surface area (Å²) in [4.78, 5) is 21.9. The molecule has 1 saturated heterocycles. The fraction of sp³-hybridized carbons (Fsp3) is 0.667. The summed E-state index contributed by atoms with van der Waals surface area (Å²) in [7, 11) is 7.77. The van der Waals surface area contributed by atoms with Crippen LogP contribution in [0.5, 0.6) is 0 Å². The Morgan fingerprint density at radius 1 is 1.42 bits per heavy atom. The number of carbonyl (C=O) groups excluding carboxylic acids is 1. The zero-order chi connectivity index (χ0) is 18.2. The molecule has 1 aliphatic rings. The van der Waals surface area contributed by atoms with Gasteiger partial charge in [-0.05, 0) is 44.3 Å². The van der Waals surface area contributed by atoms with Gasteiger partial charge in [-0.1, -0.05) is 6.07 Å². The summed E-state index contributed by atoms with van der Waals surface area (Å²) in [6, 6.07) is 4.62. The van der Waals surface area contributed by atoms with Gasteiger partial charge >= 0.3 is 0 Å². The van der Waals surface area contributed by atoms with Crippen LogP contribution in [0, 0.1) is 5.92 Å². The Hall–Kier alpha value is -0.870. The van der Waals surface area contributed by atoms with Gasteiger partial charge in [-0.15, -0.1) is 35.3 Å². The number of nitrogens with one attached hydrogen (secondary N) is 2. The average Bonchev–Trinajstić information content (AvgIpc) is 3.13. The number of hydrogen-bond acceptors (Lipinski definition) is 4. The fourth-order valence-corrected chi connectivity index (χ4v) is 4.17. The SMILES string of the molecule is CN=C(NCC(c1cccs1)N(C)C)N1CCC(CC(=O)NC)CC1.I. The Bertz CT molecular complexity index is 556. The molecule has 1 aliphatic heterocycles. The lowest BCUT2D eigenvalue weighted by atomic mass is 9.93. The maximum Gasteiger partial charge on any atom is 0.220 e. The van der Waals surface area contributed by atoms with E-state index >= 15 is 0 Å². The van der Waals surface area contributed by atoms with E-state index in [9.17, 15) is 4.79 Å². The molecule has 0 bridgehead atoms. The van der Waals surface area contributed by atoms with Crippen LogP contribution in [0.15, 0.2) is 22.5 Å². The molecule has 1 fully saturated rings. The Labute approximate surface area is 178 Å². The van der Waals surface area contributed by atoms with Crippen LogP contribution in [-0.4, -0.2) is 69.5 Å². The number of guanidine groups is 1. The summed E-state index contributed by atoms with van der Waals surface area (Å²) in [5.74, 6) is 1.59. The molecule has 0 spiro atoms. The van der Waals surface area contributed by atoms with Crippen molar-refractivity contribution in [2.75, 3.05) is 47.8 Å². The molecule has 0 radical (unpaired) electrons. The molecule has 0 aliphatic carbocycles. The highest BCUT2D eigenvalue weighted by atomic mass is 127. The number of likely N-dealkylation sites (tertiary alicyclic amines) is 1. The van der Waals surface area contributed by atoms with Crippen LogP contribution in [0.4, 0.5) is 0 Å². The molecule has 6 nitrogen and oxygen atoms in total. The number of aliphatic imine (C=N–C) groups is 1. The van der Waals surface area contributed by atoms with Crippen molar-refractivity contribution < 1.29 is 4.79 Å². The maximum absolute atomic E-state index is 11.5. The molecule has 1 amide bonds. The van der Waals surface area contributed by atoms with Crippen molar-refractivity contribution in [1.82, 2.24) is 20.4 Å². The molecule has 2 heterocycles. The van der Waals surface area contributed by atoms with Crippen LogP contribution in [0.25, 0.3) is 0 Å². The first-order valence-electron chi connectivity index (χ1n) is 8.91. The van der Waals surface area contributed by atoms with E-state index in [2.05, 4.69) is 57.0 Å². The van der Waals surface area contributed by atoms with Crippen LogP contribution in [0.2, 0.25) is 0 Å². The van der Waals surface area contributed by atoms with Gasteiger partial charge in [0, 0.05) is 45.0 Å². The summed E-state index contributed by atoms with van der Waals surface area (Å²) in [6.45, 7) is 2.73. The highest BCUT2D eigenvalue weighted by Gasteiger charge is 2.24. The number of nitrogens with zero attached hydrogens (tertiary/aromatic N) is 3. The molecule has 1 atom stereocenters. The zero-order valence-corrected chi connectivity index (χ0v) is 19.3. The number of rotatable bonds is 6. The number of thiophene rings is 1. The number of piperidine rings is 1. The molecular weight excluding hydrogens is 461 g/mol. The summed E-state index contributed by atoms with van der Waals surface area (Å²) in [6.07, 6.45) is 2.71. The topological polar surface area (TPSA) is 60.0 Å². The van der Waals surface area contributed by atoms with Gasteiger partial charge in [-0.3, -0.25) is 9.79 Å². The number of hydrogen-bond donors (Lipinski definition) is 2.